The largest absolute Gasteiger partial charge is 0.506 e. The molecule has 1 saturated heterocycles. The van der Waals surface area contributed by atoms with Crippen molar-refractivity contribution in [2.45, 2.75) is 32.6 Å². The number of anilines is 1. The van der Waals surface area contributed by atoms with Crippen molar-refractivity contribution in [3.05, 3.63) is 23.8 Å². The number of carbonyl (C=O) groups excluding carboxylic acids is 1. The van der Waals surface area contributed by atoms with Crippen LogP contribution in [-0.2, 0) is 0 Å². The molecule has 1 unspecified atom stereocenters. The average Bonchev–Trinajstić information content (AvgIpc) is 2.66. The molecular formula is C15H22N2O2. The van der Waals surface area contributed by atoms with E-state index < -0.39 is 0 Å². The highest BCUT2D eigenvalue weighted by Crippen LogP contribution is 2.24. The number of benzene rings is 1. The topological polar surface area (TPSA) is 66.6 Å². The number of nitrogen functional groups attached to an aromatic ring is 1. The van der Waals surface area contributed by atoms with E-state index in [1.807, 2.05) is 4.90 Å². The number of aromatic hydroxyl groups is 1. The molecular weight excluding hydrogens is 240 g/mol. The minimum atomic E-state index is -0.0212. The molecule has 1 aromatic rings. The number of likely N-dealkylation sites (tertiary alicyclic amines) is 1. The third kappa shape index (κ3) is 3.19. The van der Waals surface area contributed by atoms with Gasteiger partial charge >= 0.3 is 0 Å². The number of nitrogens with two attached hydrogens (primary N) is 1. The Bertz CT molecular complexity index is 459. The van der Waals surface area contributed by atoms with Crippen LogP contribution in [-0.4, -0.2) is 29.0 Å². The van der Waals surface area contributed by atoms with Crippen LogP contribution in [0.1, 0.15) is 43.0 Å². The lowest BCUT2D eigenvalue weighted by molar-refractivity contribution is 0.0759. The minimum Gasteiger partial charge on any atom is -0.506 e. The van der Waals surface area contributed by atoms with Crippen molar-refractivity contribution in [3.63, 3.8) is 0 Å². The standard InChI is InChI=1S/C15H22N2O2/c1-2-11-4-3-8-17(9-7-11)15(19)12-5-6-13(16)14(18)10-12/h5-6,10-11,18H,2-4,7-9,16H2,1H3. The molecule has 104 valence electrons. The fourth-order valence-corrected chi connectivity index (χ4v) is 2.64. The van der Waals surface area contributed by atoms with Gasteiger partial charge in [-0.25, -0.2) is 0 Å². The second-order valence-electron chi connectivity index (χ2n) is 5.27. The number of nitrogens with zero attached hydrogens (tertiary/aromatic N) is 1. The molecule has 1 aliphatic heterocycles. The van der Waals surface area contributed by atoms with Crippen LogP contribution in [0, 0.1) is 5.92 Å². The highest BCUT2D eigenvalue weighted by molar-refractivity contribution is 5.95. The van der Waals surface area contributed by atoms with Gasteiger partial charge in [0.05, 0.1) is 5.69 Å². The van der Waals surface area contributed by atoms with Gasteiger partial charge in [-0.1, -0.05) is 13.3 Å². The van der Waals surface area contributed by atoms with Crippen molar-refractivity contribution >= 4 is 11.6 Å². The smallest absolute Gasteiger partial charge is 0.253 e. The van der Waals surface area contributed by atoms with Crippen LogP contribution in [0.15, 0.2) is 18.2 Å². The summed E-state index contributed by atoms with van der Waals surface area (Å²) in [6.07, 6.45) is 4.52. The number of hydrogen-bond donors (Lipinski definition) is 2. The van der Waals surface area contributed by atoms with Crippen molar-refractivity contribution in [2.75, 3.05) is 18.8 Å². The molecule has 2 rings (SSSR count). The van der Waals surface area contributed by atoms with Gasteiger partial charge in [0.25, 0.3) is 5.91 Å². The molecule has 4 heteroatoms. The van der Waals surface area contributed by atoms with Gasteiger partial charge in [0, 0.05) is 18.7 Å². The lowest BCUT2D eigenvalue weighted by Crippen LogP contribution is -2.32. The predicted molar refractivity (Wildman–Crippen MR) is 76.1 cm³/mol. The van der Waals surface area contributed by atoms with Crippen LogP contribution in [0.4, 0.5) is 5.69 Å². The van der Waals surface area contributed by atoms with Gasteiger partial charge in [-0.2, -0.15) is 0 Å². The summed E-state index contributed by atoms with van der Waals surface area (Å²) < 4.78 is 0. The fourth-order valence-electron chi connectivity index (χ4n) is 2.64. The van der Waals surface area contributed by atoms with E-state index in [1.54, 1.807) is 12.1 Å². The lowest BCUT2D eigenvalue weighted by atomic mass is 9.98. The molecule has 3 N–H and O–H groups in total. The molecule has 1 aromatic carbocycles. The molecule has 1 heterocycles. The molecule has 0 spiro atoms. The summed E-state index contributed by atoms with van der Waals surface area (Å²) >= 11 is 0. The number of phenols is 1. The van der Waals surface area contributed by atoms with Gasteiger partial charge in [-0.15, -0.1) is 0 Å². The summed E-state index contributed by atoms with van der Waals surface area (Å²) in [6, 6.07) is 4.72. The van der Waals surface area contributed by atoms with Gasteiger partial charge in [0.15, 0.2) is 0 Å². The Labute approximate surface area is 114 Å². The van der Waals surface area contributed by atoms with E-state index in [0.717, 1.165) is 31.8 Å². The Balaban J connectivity index is 2.08. The maximum absolute atomic E-state index is 12.4. The third-order valence-corrected chi connectivity index (χ3v) is 3.99. The van der Waals surface area contributed by atoms with Gasteiger partial charge in [0.1, 0.15) is 5.75 Å². The molecule has 0 radical (unpaired) electrons. The van der Waals surface area contributed by atoms with Crippen LogP contribution in [0.2, 0.25) is 0 Å². The molecule has 0 saturated carbocycles. The van der Waals surface area contributed by atoms with Crippen LogP contribution in [0.5, 0.6) is 5.75 Å². The average molecular weight is 262 g/mol. The van der Waals surface area contributed by atoms with Gasteiger partial charge < -0.3 is 15.7 Å². The van der Waals surface area contributed by atoms with E-state index in [-0.39, 0.29) is 11.7 Å². The summed E-state index contributed by atoms with van der Waals surface area (Å²) in [5.41, 5.74) is 6.37. The first-order valence-corrected chi connectivity index (χ1v) is 6.99. The Morgan fingerprint density at radius 2 is 2.21 bits per heavy atom. The molecule has 0 bridgehead atoms. The van der Waals surface area contributed by atoms with Crippen LogP contribution >= 0.6 is 0 Å². The summed E-state index contributed by atoms with van der Waals surface area (Å²) in [4.78, 5) is 14.3. The molecule has 0 aliphatic carbocycles. The summed E-state index contributed by atoms with van der Waals surface area (Å²) in [7, 11) is 0. The van der Waals surface area contributed by atoms with E-state index in [2.05, 4.69) is 6.92 Å². The van der Waals surface area contributed by atoms with E-state index in [1.165, 1.54) is 18.9 Å². The molecule has 1 atom stereocenters. The van der Waals surface area contributed by atoms with Crippen molar-refractivity contribution < 1.29 is 9.90 Å². The molecule has 1 fully saturated rings. The Morgan fingerprint density at radius 3 is 2.89 bits per heavy atom. The molecule has 19 heavy (non-hydrogen) atoms. The van der Waals surface area contributed by atoms with E-state index in [0.29, 0.717) is 11.3 Å². The number of amides is 1. The molecule has 4 nitrogen and oxygen atoms in total. The minimum absolute atomic E-state index is 0.00736. The highest BCUT2D eigenvalue weighted by atomic mass is 16.3. The van der Waals surface area contributed by atoms with Crippen LogP contribution in [0.3, 0.4) is 0 Å². The second kappa shape index (κ2) is 5.95. The number of rotatable bonds is 2. The van der Waals surface area contributed by atoms with Gasteiger partial charge in [-0.3, -0.25) is 4.79 Å². The third-order valence-electron chi connectivity index (χ3n) is 3.99. The zero-order valence-electron chi connectivity index (χ0n) is 11.4. The van der Waals surface area contributed by atoms with Crippen molar-refractivity contribution in [2.24, 2.45) is 5.92 Å². The molecule has 0 aromatic heterocycles. The second-order valence-corrected chi connectivity index (χ2v) is 5.27. The Kier molecular flexibility index (Phi) is 4.30. The first-order chi connectivity index (χ1) is 9.11. The quantitative estimate of drug-likeness (QED) is 0.636. The zero-order valence-corrected chi connectivity index (χ0v) is 11.4. The number of phenolic OH excluding ortho intramolecular Hbond substituents is 1. The zero-order chi connectivity index (χ0) is 13.8. The first-order valence-electron chi connectivity index (χ1n) is 6.99. The molecule has 1 aliphatic rings. The summed E-state index contributed by atoms with van der Waals surface area (Å²) in [6.45, 7) is 3.82. The first kappa shape index (κ1) is 13.7. The van der Waals surface area contributed by atoms with E-state index in [4.69, 9.17) is 5.73 Å². The van der Waals surface area contributed by atoms with Gasteiger partial charge in [0.2, 0.25) is 0 Å². The predicted octanol–water partition coefficient (Wildman–Crippen LogP) is 2.63. The normalized spacial score (nSPS) is 20.1. The van der Waals surface area contributed by atoms with Crippen LogP contribution in [0.25, 0.3) is 0 Å². The maximum atomic E-state index is 12.4. The van der Waals surface area contributed by atoms with Crippen molar-refractivity contribution in [1.82, 2.24) is 4.90 Å². The molecule has 1 amide bonds. The van der Waals surface area contributed by atoms with E-state index in [9.17, 15) is 9.90 Å². The highest BCUT2D eigenvalue weighted by Gasteiger charge is 2.21. The monoisotopic (exact) mass is 262 g/mol. The summed E-state index contributed by atoms with van der Waals surface area (Å²) in [5, 5.41) is 9.59. The maximum Gasteiger partial charge on any atom is 0.253 e. The fraction of sp³-hybridized carbons (Fsp3) is 0.533. The SMILES string of the molecule is CCC1CCCN(C(=O)c2ccc(N)c(O)c2)CC1. The van der Waals surface area contributed by atoms with Crippen LogP contribution < -0.4 is 5.73 Å². The van der Waals surface area contributed by atoms with E-state index >= 15 is 0 Å². The Hall–Kier alpha value is -1.71. The number of hydrogen-bond acceptors (Lipinski definition) is 3. The summed E-state index contributed by atoms with van der Waals surface area (Å²) in [5.74, 6) is 0.705. The lowest BCUT2D eigenvalue weighted by Gasteiger charge is -2.21. The van der Waals surface area contributed by atoms with Gasteiger partial charge in [-0.05, 0) is 43.4 Å². The number of carbonyl (C=O) groups is 1. The Morgan fingerprint density at radius 1 is 1.42 bits per heavy atom. The van der Waals surface area contributed by atoms with Crippen molar-refractivity contribution in [1.29, 1.82) is 0 Å². The van der Waals surface area contributed by atoms with Crippen molar-refractivity contribution in [3.8, 4) is 5.75 Å².